The molecule has 6 nitrogen and oxygen atoms in total. The molecule has 6 heteroatoms. The molecule has 0 saturated heterocycles. The number of hydrogen-bond acceptors (Lipinski definition) is 6. The molecule has 0 radical (unpaired) electrons. The summed E-state index contributed by atoms with van der Waals surface area (Å²) < 4.78 is 16.9. The van der Waals surface area contributed by atoms with Crippen molar-refractivity contribution in [2.75, 3.05) is 13.2 Å². The normalized spacial score (nSPS) is 12.3. The average Bonchev–Trinajstić information content (AvgIpc) is 3.41. The van der Waals surface area contributed by atoms with Crippen molar-refractivity contribution in [1.82, 2.24) is 0 Å². The Morgan fingerprint density at radius 3 is 0.773 bits per heavy atom. The molecule has 0 amide bonds. The van der Waals surface area contributed by atoms with Crippen LogP contribution in [0.1, 0.15) is 355 Å². The smallest absolute Gasteiger partial charge is 0.306 e. The van der Waals surface area contributed by atoms with Gasteiger partial charge >= 0.3 is 17.9 Å². The van der Waals surface area contributed by atoms with Gasteiger partial charge in [0.25, 0.3) is 0 Å². The van der Waals surface area contributed by atoms with Crippen LogP contribution in [0.25, 0.3) is 0 Å². The topological polar surface area (TPSA) is 78.9 Å². The van der Waals surface area contributed by atoms with E-state index in [9.17, 15) is 14.4 Å². The molecular formula is C69H126O6. The van der Waals surface area contributed by atoms with Crippen molar-refractivity contribution < 1.29 is 28.6 Å². The molecule has 0 N–H and O–H groups in total. The summed E-state index contributed by atoms with van der Waals surface area (Å²) in [4.78, 5) is 38.4. The van der Waals surface area contributed by atoms with Gasteiger partial charge in [-0.25, -0.2) is 0 Å². The van der Waals surface area contributed by atoms with E-state index in [4.69, 9.17) is 14.2 Å². The minimum atomic E-state index is -0.784. The summed E-state index contributed by atoms with van der Waals surface area (Å²) in [5, 5.41) is 0. The van der Waals surface area contributed by atoms with Crippen LogP contribution in [0.5, 0.6) is 0 Å². The SMILES string of the molecule is CCCCC/C=C\C/C=C\C/C=C\C/C=C\CCCCCC(=O)OC[C@H](COC(=O)CCCCCCCCCCCCCCCCCCC)OC(=O)CCCCCCCCCCCCCCCCCCCCCCC. The Balaban J connectivity index is 4.37. The van der Waals surface area contributed by atoms with Crippen LogP contribution in [0, 0.1) is 0 Å². The second kappa shape index (κ2) is 63.9. The van der Waals surface area contributed by atoms with Gasteiger partial charge < -0.3 is 14.2 Å². The van der Waals surface area contributed by atoms with E-state index in [0.717, 1.165) is 83.5 Å². The van der Waals surface area contributed by atoms with E-state index in [1.54, 1.807) is 0 Å². The van der Waals surface area contributed by atoms with Gasteiger partial charge in [-0.05, 0) is 64.2 Å². The molecule has 0 aromatic carbocycles. The lowest BCUT2D eigenvalue weighted by Crippen LogP contribution is -2.30. The molecule has 438 valence electrons. The first-order valence-corrected chi connectivity index (χ1v) is 33.1. The number of unbranched alkanes of at least 4 members (excludes halogenated alkanes) is 42. The zero-order valence-electron chi connectivity index (χ0n) is 50.3. The second-order valence-corrected chi connectivity index (χ2v) is 22.4. The lowest BCUT2D eigenvalue weighted by Gasteiger charge is -2.18. The Bertz CT molecular complexity index is 1300. The third kappa shape index (κ3) is 62.1. The average molecular weight is 1050 g/mol. The van der Waals surface area contributed by atoms with Crippen LogP contribution in [0.4, 0.5) is 0 Å². The van der Waals surface area contributed by atoms with Crippen molar-refractivity contribution in [2.24, 2.45) is 0 Å². The minimum absolute atomic E-state index is 0.0782. The van der Waals surface area contributed by atoms with Gasteiger partial charge in [-0.2, -0.15) is 0 Å². The molecule has 0 aliphatic heterocycles. The Kier molecular flexibility index (Phi) is 61.7. The van der Waals surface area contributed by atoms with E-state index in [2.05, 4.69) is 69.4 Å². The van der Waals surface area contributed by atoms with E-state index in [1.807, 2.05) is 0 Å². The third-order valence-corrected chi connectivity index (χ3v) is 14.8. The predicted molar refractivity (Wildman–Crippen MR) is 325 cm³/mol. The highest BCUT2D eigenvalue weighted by Crippen LogP contribution is 2.18. The molecular weight excluding hydrogens is 925 g/mol. The first-order valence-electron chi connectivity index (χ1n) is 33.1. The van der Waals surface area contributed by atoms with Crippen molar-refractivity contribution in [2.45, 2.75) is 361 Å². The Hall–Kier alpha value is -2.63. The van der Waals surface area contributed by atoms with Gasteiger partial charge in [0.2, 0.25) is 0 Å². The summed E-state index contributed by atoms with van der Waals surface area (Å²) in [6, 6.07) is 0. The largest absolute Gasteiger partial charge is 0.462 e. The van der Waals surface area contributed by atoms with Crippen LogP contribution in [-0.2, 0) is 28.6 Å². The highest BCUT2D eigenvalue weighted by Gasteiger charge is 2.19. The van der Waals surface area contributed by atoms with Crippen molar-refractivity contribution in [3.8, 4) is 0 Å². The van der Waals surface area contributed by atoms with Gasteiger partial charge in [-0.15, -0.1) is 0 Å². The lowest BCUT2D eigenvalue weighted by atomic mass is 10.0. The third-order valence-electron chi connectivity index (χ3n) is 14.8. The number of carbonyl (C=O) groups excluding carboxylic acids is 3. The Morgan fingerprint density at radius 2 is 0.480 bits per heavy atom. The number of ether oxygens (including phenoxy) is 3. The predicted octanol–water partition coefficient (Wildman–Crippen LogP) is 22.6. The van der Waals surface area contributed by atoms with Gasteiger partial charge in [-0.3, -0.25) is 14.4 Å². The molecule has 0 bridgehead atoms. The lowest BCUT2D eigenvalue weighted by molar-refractivity contribution is -0.167. The van der Waals surface area contributed by atoms with E-state index in [-0.39, 0.29) is 31.1 Å². The molecule has 0 saturated carbocycles. The number of carbonyl (C=O) groups is 3. The van der Waals surface area contributed by atoms with Crippen molar-refractivity contribution >= 4 is 17.9 Å². The molecule has 0 unspecified atom stereocenters. The summed E-state index contributed by atoms with van der Waals surface area (Å²) >= 11 is 0. The molecule has 75 heavy (non-hydrogen) atoms. The summed E-state index contributed by atoms with van der Waals surface area (Å²) in [7, 11) is 0. The van der Waals surface area contributed by atoms with E-state index >= 15 is 0 Å². The number of esters is 3. The summed E-state index contributed by atoms with van der Waals surface area (Å²) in [6.07, 6.45) is 79.8. The molecule has 1 atom stereocenters. The Morgan fingerprint density at radius 1 is 0.267 bits per heavy atom. The molecule has 0 aliphatic carbocycles. The van der Waals surface area contributed by atoms with E-state index in [0.29, 0.717) is 19.3 Å². The fourth-order valence-corrected chi connectivity index (χ4v) is 9.84. The van der Waals surface area contributed by atoms with Gasteiger partial charge in [0.1, 0.15) is 13.2 Å². The maximum atomic E-state index is 12.9. The second-order valence-electron chi connectivity index (χ2n) is 22.4. The monoisotopic (exact) mass is 1050 g/mol. The van der Waals surface area contributed by atoms with Gasteiger partial charge in [0.05, 0.1) is 0 Å². The summed E-state index contributed by atoms with van der Waals surface area (Å²) in [6.45, 7) is 6.65. The van der Waals surface area contributed by atoms with E-state index < -0.39 is 6.10 Å². The number of rotatable bonds is 61. The van der Waals surface area contributed by atoms with Gasteiger partial charge in [-0.1, -0.05) is 320 Å². The van der Waals surface area contributed by atoms with Crippen LogP contribution in [-0.4, -0.2) is 37.2 Å². The summed E-state index contributed by atoms with van der Waals surface area (Å²) in [5.74, 6) is -0.885. The molecule has 0 aromatic rings. The first-order chi connectivity index (χ1) is 37.0. The van der Waals surface area contributed by atoms with E-state index in [1.165, 1.54) is 231 Å². The molecule has 0 aliphatic rings. The van der Waals surface area contributed by atoms with Crippen LogP contribution >= 0.6 is 0 Å². The fraction of sp³-hybridized carbons (Fsp3) is 0.841. The minimum Gasteiger partial charge on any atom is -0.462 e. The molecule has 0 fully saturated rings. The standard InChI is InChI=1S/C69H126O6/c1-4-7-10-13-16-19-22-25-28-31-33-34-36-39-42-45-48-51-54-57-60-63-69(72)75-66(64-73-67(70)61-58-55-52-49-46-43-40-37-30-27-24-21-18-15-12-9-6-3)65-74-68(71)62-59-56-53-50-47-44-41-38-35-32-29-26-23-20-17-14-11-8-5-2/h17,20,26,29,35,38,44,47,66H,4-16,18-19,21-25,27-28,30-34,36-37,39-43,45-46,48-65H2,1-3H3/b20-17-,29-26-,38-35-,47-44-/t66-/m0/s1. The zero-order chi connectivity index (χ0) is 54.3. The van der Waals surface area contributed by atoms with Crippen LogP contribution in [0.2, 0.25) is 0 Å². The van der Waals surface area contributed by atoms with Crippen molar-refractivity contribution in [1.29, 1.82) is 0 Å². The maximum Gasteiger partial charge on any atom is 0.306 e. The molecule has 0 spiro atoms. The van der Waals surface area contributed by atoms with Crippen LogP contribution < -0.4 is 0 Å². The zero-order valence-corrected chi connectivity index (χ0v) is 50.3. The van der Waals surface area contributed by atoms with Crippen LogP contribution in [0.15, 0.2) is 48.6 Å². The van der Waals surface area contributed by atoms with Crippen molar-refractivity contribution in [3.05, 3.63) is 48.6 Å². The molecule has 0 rings (SSSR count). The quantitative estimate of drug-likeness (QED) is 0.0261. The van der Waals surface area contributed by atoms with Gasteiger partial charge in [0, 0.05) is 19.3 Å². The van der Waals surface area contributed by atoms with Crippen molar-refractivity contribution in [3.63, 3.8) is 0 Å². The van der Waals surface area contributed by atoms with Gasteiger partial charge in [0.15, 0.2) is 6.10 Å². The Labute approximate surface area is 467 Å². The maximum absolute atomic E-state index is 12.9. The fourth-order valence-electron chi connectivity index (χ4n) is 9.84. The number of hydrogen-bond donors (Lipinski definition) is 0. The number of allylic oxidation sites excluding steroid dienone is 8. The first kappa shape index (κ1) is 72.4. The molecule has 0 heterocycles. The molecule has 0 aromatic heterocycles. The summed E-state index contributed by atoms with van der Waals surface area (Å²) in [5.41, 5.74) is 0. The van der Waals surface area contributed by atoms with Crippen LogP contribution in [0.3, 0.4) is 0 Å². The highest BCUT2D eigenvalue weighted by atomic mass is 16.6. The highest BCUT2D eigenvalue weighted by molar-refractivity contribution is 5.71.